The lowest BCUT2D eigenvalue weighted by atomic mass is 9.94. The summed E-state index contributed by atoms with van der Waals surface area (Å²) < 4.78 is 9.95. The molecule has 24 heavy (non-hydrogen) atoms. The number of benzene rings is 1. The number of esters is 2. The van der Waals surface area contributed by atoms with Crippen LogP contribution >= 0.6 is 0 Å². The summed E-state index contributed by atoms with van der Waals surface area (Å²) >= 11 is 0. The number of ether oxygens (including phenoxy) is 2. The molecule has 0 saturated heterocycles. The molecule has 0 bridgehead atoms. The molecule has 1 amide bonds. The number of amides is 1. The van der Waals surface area contributed by atoms with Gasteiger partial charge in [0.2, 0.25) is 5.91 Å². The molecule has 1 aromatic rings. The van der Waals surface area contributed by atoms with E-state index in [2.05, 4.69) is 5.32 Å². The highest BCUT2D eigenvalue weighted by molar-refractivity contribution is 5.95. The van der Waals surface area contributed by atoms with Crippen LogP contribution in [0.4, 0.5) is 0 Å². The van der Waals surface area contributed by atoms with Crippen molar-refractivity contribution in [2.45, 2.75) is 39.7 Å². The van der Waals surface area contributed by atoms with E-state index < -0.39 is 17.9 Å². The number of rotatable bonds is 9. The maximum Gasteiger partial charge on any atom is 0.320 e. The molecule has 132 valence electrons. The third-order valence-corrected chi connectivity index (χ3v) is 3.39. The van der Waals surface area contributed by atoms with Crippen LogP contribution in [-0.2, 0) is 30.3 Å². The van der Waals surface area contributed by atoms with E-state index in [1.54, 1.807) is 13.8 Å². The molecule has 1 aromatic carbocycles. The van der Waals surface area contributed by atoms with E-state index >= 15 is 0 Å². The molecule has 6 nitrogen and oxygen atoms in total. The summed E-state index contributed by atoms with van der Waals surface area (Å²) in [5.41, 5.74) is 1.00. The Morgan fingerprint density at radius 1 is 1.00 bits per heavy atom. The van der Waals surface area contributed by atoms with Crippen LogP contribution in [0.3, 0.4) is 0 Å². The van der Waals surface area contributed by atoms with Crippen molar-refractivity contribution in [3.8, 4) is 0 Å². The van der Waals surface area contributed by atoms with E-state index in [9.17, 15) is 14.4 Å². The smallest absolute Gasteiger partial charge is 0.320 e. The van der Waals surface area contributed by atoms with Crippen LogP contribution in [0.1, 0.15) is 32.8 Å². The molecule has 1 atom stereocenters. The fourth-order valence-electron chi connectivity index (χ4n) is 2.44. The fraction of sp³-hybridized carbons (Fsp3) is 0.500. The lowest BCUT2D eigenvalue weighted by molar-refractivity contribution is -0.162. The molecule has 0 spiro atoms. The molecule has 1 unspecified atom stereocenters. The summed E-state index contributed by atoms with van der Waals surface area (Å²) in [6.45, 7) is 5.11. The van der Waals surface area contributed by atoms with Crippen molar-refractivity contribution in [2.75, 3.05) is 13.2 Å². The molecule has 1 rings (SSSR count). The average Bonchev–Trinajstić information content (AvgIpc) is 2.53. The Morgan fingerprint density at radius 2 is 1.54 bits per heavy atom. The van der Waals surface area contributed by atoms with Gasteiger partial charge >= 0.3 is 11.9 Å². The standard InChI is InChI=1S/C18H25NO5/c1-4-23-17(21)16(18(22)24-5-2)12-15(19-13(3)20)11-14-9-7-6-8-10-14/h6-10,15-16H,4-5,11-12H2,1-3H3,(H,19,20). The Balaban J connectivity index is 2.90. The van der Waals surface area contributed by atoms with Crippen LogP contribution in [0.25, 0.3) is 0 Å². The number of hydrogen-bond acceptors (Lipinski definition) is 5. The summed E-state index contributed by atoms with van der Waals surface area (Å²) in [7, 11) is 0. The van der Waals surface area contributed by atoms with Crippen LogP contribution in [-0.4, -0.2) is 37.1 Å². The highest BCUT2D eigenvalue weighted by Crippen LogP contribution is 2.16. The highest BCUT2D eigenvalue weighted by Gasteiger charge is 2.32. The predicted octanol–water partition coefficient (Wildman–Crippen LogP) is 1.87. The predicted molar refractivity (Wildman–Crippen MR) is 89.1 cm³/mol. The Hall–Kier alpha value is -2.37. The Labute approximate surface area is 142 Å². The third-order valence-electron chi connectivity index (χ3n) is 3.39. The first-order valence-corrected chi connectivity index (χ1v) is 8.12. The zero-order valence-electron chi connectivity index (χ0n) is 14.4. The Morgan fingerprint density at radius 3 is 2.00 bits per heavy atom. The molecule has 6 heteroatoms. The largest absolute Gasteiger partial charge is 0.465 e. The molecule has 0 aromatic heterocycles. The van der Waals surface area contributed by atoms with Gasteiger partial charge in [0.15, 0.2) is 5.92 Å². The summed E-state index contributed by atoms with van der Waals surface area (Å²) in [6, 6.07) is 9.18. The van der Waals surface area contributed by atoms with Gasteiger partial charge in [0.25, 0.3) is 0 Å². The second-order valence-corrected chi connectivity index (χ2v) is 5.38. The van der Waals surface area contributed by atoms with Gasteiger partial charge in [0.1, 0.15) is 0 Å². The zero-order chi connectivity index (χ0) is 17.9. The molecule has 0 aliphatic rings. The molecule has 0 radical (unpaired) electrons. The van der Waals surface area contributed by atoms with Crippen LogP contribution in [0, 0.1) is 5.92 Å². The van der Waals surface area contributed by atoms with E-state index in [0.29, 0.717) is 6.42 Å². The van der Waals surface area contributed by atoms with Gasteiger partial charge in [-0.25, -0.2) is 0 Å². The van der Waals surface area contributed by atoms with Gasteiger partial charge in [0.05, 0.1) is 13.2 Å². The van der Waals surface area contributed by atoms with Crippen LogP contribution < -0.4 is 5.32 Å². The number of hydrogen-bond donors (Lipinski definition) is 1. The first-order valence-electron chi connectivity index (χ1n) is 8.12. The summed E-state index contributed by atoms with van der Waals surface area (Å²) in [5.74, 6) is -2.52. The lowest BCUT2D eigenvalue weighted by Gasteiger charge is -2.22. The first kappa shape index (κ1) is 19.7. The normalized spacial score (nSPS) is 11.7. The van der Waals surface area contributed by atoms with E-state index in [4.69, 9.17) is 9.47 Å². The molecule has 1 N–H and O–H groups in total. The van der Waals surface area contributed by atoms with Gasteiger partial charge in [-0.05, 0) is 32.3 Å². The summed E-state index contributed by atoms with van der Waals surface area (Å²) in [6.07, 6.45) is 0.641. The Kier molecular flexibility index (Phi) is 8.54. The van der Waals surface area contributed by atoms with Crippen molar-refractivity contribution in [3.63, 3.8) is 0 Å². The van der Waals surface area contributed by atoms with Crippen LogP contribution in [0.5, 0.6) is 0 Å². The van der Waals surface area contributed by atoms with Crippen molar-refractivity contribution in [2.24, 2.45) is 5.92 Å². The van der Waals surface area contributed by atoms with Crippen molar-refractivity contribution >= 4 is 17.8 Å². The molecule has 0 aliphatic heterocycles. The van der Waals surface area contributed by atoms with E-state index in [-0.39, 0.29) is 31.6 Å². The lowest BCUT2D eigenvalue weighted by Crippen LogP contribution is -2.40. The SMILES string of the molecule is CCOC(=O)C(CC(Cc1ccccc1)NC(C)=O)C(=O)OCC. The molecule has 0 heterocycles. The van der Waals surface area contributed by atoms with E-state index in [1.807, 2.05) is 30.3 Å². The summed E-state index contributed by atoms with van der Waals surface area (Å²) in [5, 5.41) is 2.80. The third kappa shape index (κ3) is 6.81. The minimum Gasteiger partial charge on any atom is -0.465 e. The second kappa shape index (κ2) is 10.4. The van der Waals surface area contributed by atoms with Crippen molar-refractivity contribution in [3.05, 3.63) is 35.9 Å². The van der Waals surface area contributed by atoms with Gasteiger partial charge in [0, 0.05) is 13.0 Å². The van der Waals surface area contributed by atoms with Gasteiger partial charge in [-0.1, -0.05) is 30.3 Å². The van der Waals surface area contributed by atoms with E-state index in [0.717, 1.165) is 5.56 Å². The number of nitrogens with one attached hydrogen (secondary N) is 1. The van der Waals surface area contributed by atoms with E-state index in [1.165, 1.54) is 6.92 Å². The Bertz CT molecular complexity index is 526. The topological polar surface area (TPSA) is 81.7 Å². The molecular weight excluding hydrogens is 310 g/mol. The maximum atomic E-state index is 12.1. The maximum absolute atomic E-state index is 12.1. The molecule has 0 saturated carbocycles. The second-order valence-electron chi connectivity index (χ2n) is 5.38. The van der Waals surface area contributed by atoms with Crippen molar-refractivity contribution in [1.82, 2.24) is 5.32 Å². The molecule has 0 fully saturated rings. The fourth-order valence-corrected chi connectivity index (χ4v) is 2.44. The first-order chi connectivity index (χ1) is 11.5. The van der Waals surface area contributed by atoms with Crippen molar-refractivity contribution < 1.29 is 23.9 Å². The van der Waals surface area contributed by atoms with Crippen LogP contribution in [0.15, 0.2) is 30.3 Å². The van der Waals surface area contributed by atoms with Gasteiger partial charge in [-0.2, -0.15) is 0 Å². The monoisotopic (exact) mass is 335 g/mol. The van der Waals surface area contributed by atoms with Gasteiger partial charge in [-0.3, -0.25) is 14.4 Å². The minimum atomic E-state index is -1.05. The zero-order valence-corrected chi connectivity index (χ0v) is 14.4. The summed E-state index contributed by atoms with van der Waals surface area (Å²) in [4.78, 5) is 35.7. The van der Waals surface area contributed by atoms with Gasteiger partial charge < -0.3 is 14.8 Å². The van der Waals surface area contributed by atoms with Crippen molar-refractivity contribution in [1.29, 1.82) is 0 Å². The highest BCUT2D eigenvalue weighted by atomic mass is 16.6. The quantitative estimate of drug-likeness (QED) is 0.550. The number of carbonyl (C=O) groups is 3. The molecular formula is C18H25NO5. The van der Waals surface area contributed by atoms with Gasteiger partial charge in [-0.15, -0.1) is 0 Å². The van der Waals surface area contributed by atoms with Crippen LogP contribution in [0.2, 0.25) is 0 Å². The minimum absolute atomic E-state index is 0.131. The number of carbonyl (C=O) groups excluding carboxylic acids is 3. The molecule has 0 aliphatic carbocycles. The average molecular weight is 335 g/mol.